The molecule has 4 heteroatoms. The normalized spacial score (nSPS) is 20.9. The van der Waals surface area contributed by atoms with E-state index >= 15 is 0 Å². The lowest BCUT2D eigenvalue weighted by Gasteiger charge is -2.25. The fourth-order valence-electron chi connectivity index (χ4n) is 3.36. The van der Waals surface area contributed by atoms with Gasteiger partial charge in [-0.05, 0) is 43.9 Å². The van der Waals surface area contributed by atoms with Crippen LogP contribution in [0.1, 0.15) is 48.9 Å². The molecule has 0 fully saturated rings. The fraction of sp³-hybridized carbons (Fsp3) is 0.474. The monoisotopic (exact) mass is 332 g/mol. The molecule has 2 rings (SSSR count). The minimum atomic E-state index is -0.348. The molecular weight excluding hydrogens is 308 g/mol. The molecule has 0 saturated carbocycles. The first-order valence-electron chi connectivity index (χ1n) is 7.85. The van der Waals surface area contributed by atoms with Crippen LogP contribution in [-0.4, -0.2) is 18.1 Å². The number of allylic oxidation sites excluding steroid dienone is 2. The molecular formula is C19H24O3S. The molecule has 0 saturated heterocycles. The van der Waals surface area contributed by atoms with E-state index in [1.165, 1.54) is 12.7 Å². The van der Waals surface area contributed by atoms with Crippen LogP contribution in [0.15, 0.2) is 17.9 Å². The minimum absolute atomic E-state index is 0.0503. The van der Waals surface area contributed by atoms with E-state index in [0.717, 1.165) is 23.1 Å². The maximum absolute atomic E-state index is 12.8. The van der Waals surface area contributed by atoms with Crippen LogP contribution < -0.4 is 0 Å². The summed E-state index contributed by atoms with van der Waals surface area (Å²) < 4.78 is 10.8. The Labute approximate surface area is 143 Å². The zero-order valence-electron chi connectivity index (χ0n) is 14.7. The molecule has 0 radical (unpaired) electrons. The van der Waals surface area contributed by atoms with Crippen molar-refractivity contribution in [2.45, 2.75) is 47.5 Å². The van der Waals surface area contributed by atoms with E-state index in [9.17, 15) is 4.79 Å². The smallest absolute Gasteiger partial charge is 0.357 e. The van der Waals surface area contributed by atoms with Crippen molar-refractivity contribution < 1.29 is 14.3 Å². The zero-order chi connectivity index (χ0) is 17.4. The summed E-state index contributed by atoms with van der Waals surface area (Å²) in [6.45, 7) is 10.2. The van der Waals surface area contributed by atoms with Crippen molar-refractivity contribution in [3.05, 3.63) is 40.1 Å². The molecule has 1 unspecified atom stereocenters. The molecule has 1 atom stereocenters. The van der Waals surface area contributed by atoms with Crippen LogP contribution >= 0.6 is 12.2 Å². The molecule has 1 aromatic rings. The van der Waals surface area contributed by atoms with Crippen molar-refractivity contribution in [3.8, 4) is 0 Å². The number of rotatable bonds is 3. The summed E-state index contributed by atoms with van der Waals surface area (Å²) in [4.78, 5) is 12.8. The highest BCUT2D eigenvalue weighted by molar-refractivity contribution is 7.79. The van der Waals surface area contributed by atoms with Gasteiger partial charge in [0.15, 0.2) is 5.78 Å². The Morgan fingerprint density at radius 2 is 1.83 bits per heavy atom. The summed E-state index contributed by atoms with van der Waals surface area (Å²) >= 11 is 5.08. The second-order valence-electron chi connectivity index (χ2n) is 6.55. The summed E-state index contributed by atoms with van der Waals surface area (Å²) in [5, 5.41) is 0.0503. The molecule has 0 aromatic heterocycles. The third-order valence-corrected chi connectivity index (χ3v) is 4.91. The van der Waals surface area contributed by atoms with Crippen LogP contribution in [0.3, 0.4) is 0 Å². The van der Waals surface area contributed by atoms with Crippen LogP contribution in [0.25, 0.3) is 5.57 Å². The minimum Gasteiger partial charge on any atom is -0.460 e. The number of Topliss-reactive ketones (excluding diaryl/α,β-unsaturated/α-hetero) is 1. The number of carbonyl (C=O) groups is 1. The van der Waals surface area contributed by atoms with Crippen molar-refractivity contribution >= 4 is 28.8 Å². The van der Waals surface area contributed by atoms with E-state index in [1.807, 2.05) is 20.8 Å². The number of methoxy groups -OCH3 is 1. The van der Waals surface area contributed by atoms with Crippen molar-refractivity contribution in [2.75, 3.05) is 7.11 Å². The lowest BCUT2D eigenvalue weighted by molar-refractivity contribution is -0.114. The Bertz CT molecular complexity index is 680. The van der Waals surface area contributed by atoms with Gasteiger partial charge in [0, 0.05) is 24.1 Å². The molecule has 0 amide bonds. The van der Waals surface area contributed by atoms with Gasteiger partial charge in [-0.1, -0.05) is 31.5 Å². The summed E-state index contributed by atoms with van der Waals surface area (Å²) in [5.74, 6) is 0.755. The van der Waals surface area contributed by atoms with Gasteiger partial charge in [0.1, 0.15) is 5.76 Å². The van der Waals surface area contributed by atoms with E-state index < -0.39 is 0 Å². The molecule has 0 N–H and O–H groups in total. The lowest BCUT2D eigenvalue weighted by atomic mass is 9.85. The average molecular weight is 332 g/mol. The fourth-order valence-corrected chi connectivity index (χ4v) is 3.45. The van der Waals surface area contributed by atoms with Crippen LogP contribution in [-0.2, 0) is 14.3 Å². The maximum atomic E-state index is 12.8. The predicted molar refractivity (Wildman–Crippen MR) is 96.3 cm³/mol. The van der Waals surface area contributed by atoms with Crippen molar-refractivity contribution in [3.63, 3.8) is 0 Å². The molecule has 1 aromatic carbocycles. The molecule has 0 heterocycles. The summed E-state index contributed by atoms with van der Waals surface area (Å²) in [6.07, 6.45) is 1.24. The van der Waals surface area contributed by atoms with Gasteiger partial charge >= 0.3 is 5.24 Å². The maximum Gasteiger partial charge on any atom is 0.357 e. The Morgan fingerprint density at radius 3 is 2.30 bits per heavy atom. The summed E-state index contributed by atoms with van der Waals surface area (Å²) in [7, 11) is 1.48. The third kappa shape index (κ3) is 3.18. The highest BCUT2D eigenvalue weighted by Gasteiger charge is 2.44. The van der Waals surface area contributed by atoms with Gasteiger partial charge in [0.2, 0.25) is 0 Å². The van der Waals surface area contributed by atoms with Crippen molar-refractivity contribution in [1.82, 2.24) is 0 Å². The van der Waals surface area contributed by atoms with E-state index in [-0.39, 0.29) is 16.4 Å². The standard InChI is InChI=1S/C19H24O3S/c1-7-19(5)10-14(20)16(17(19)22-18(23)21-6)15-12(3)8-11(2)9-13(15)4/h8-9H,7,10H2,1-6H3. The van der Waals surface area contributed by atoms with Crippen LogP contribution in [0.2, 0.25) is 0 Å². The summed E-state index contributed by atoms with van der Waals surface area (Å²) in [5.41, 5.74) is 4.61. The summed E-state index contributed by atoms with van der Waals surface area (Å²) in [6, 6.07) is 4.19. The van der Waals surface area contributed by atoms with E-state index in [4.69, 9.17) is 21.7 Å². The number of thiocarbonyl (C=S) groups is 1. The zero-order valence-corrected chi connectivity index (χ0v) is 15.5. The molecule has 0 bridgehead atoms. The van der Waals surface area contributed by atoms with Gasteiger partial charge in [-0.25, -0.2) is 0 Å². The van der Waals surface area contributed by atoms with Crippen LogP contribution in [0.5, 0.6) is 0 Å². The Kier molecular flexibility index (Phi) is 4.95. The Morgan fingerprint density at radius 1 is 1.26 bits per heavy atom. The Balaban J connectivity index is 2.72. The molecule has 0 aliphatic heterocycles. The van der Waals surface area contributed by atoms with E-state index in [0.29, 0.717) is 17.8 Å². The first-order valence-corrected chi connectivity index (χ1v) is 8.26. The molecule has 3 nitrogen and oxygen atoms in total. The predicted octanol–water partition coefficient (Wildman–Crippen LogP) is 4.66. The second-order valence-corrected chi connectivity index (χ2v) is 6.88. The molecule has 1 aliphatic rings. The quantitative estimate of drug-likeness (QED) is 0.754. The van der Waals surface area contributed by atoms with Crippen molar-refractivity contribution in [1.29, 1.82) is 0 Å². The number of aryl methyl sites for hydroxylation is 3. The number of ketones is 1. The number of carbonyl (C=O) groups excluding carboxylic acids is 1. The largest absolute Gasteiger partial charge is 0.460 e. The van der Waals surface area contributed by atoms with Crippen LogP contribution in [0, 0.1) is 26.2 Å². The lowest BCUT2D eigenvalue weighted by Crippen LogP contribution is -2.19. The number of hydrogen-bond acceptors (Lipinski definition) is 4. The first-order chi connectivity index (χ1) is 10.7. The number of benzene rings is 1. The highest BCUT2D eigenvalue weighted by atomic mass is 32.1. The third-order valence-electron chi connectivity index (χ3n) is 4.66. The molecule has 23 heavy (non-hydrogen) atoms. The van der Waals surface area contributed by atoms with Gasteiger partial charge in [-0.15, -0.1) is 0 Å². The number of ether oxygens (including phenoxy) is 2. The topological polar surface area (TPSA) is 35.5 Å². The molecule has 124 valence electrons. The van der Waals surface area contributed by atoms with Gasteiger partial charge in [0.05, 0.1) is 12.7 Å². The molecule has 1 aliphatic carbocycles. The molecule has 0 spiro atoms. The van der Waals surface area contributed by atoms with Gasteiger partial charge < -0.3 is 9.47 Å². The van der Waals surface area contributed by atoms with Crippen LogP contribution in [0.4, 0.5) is 0 Å². The SMILES string of the molecule is CCC1(C)CC(=O)C(c2c(C)cc(C)cc2C)=C1OC(=S)OC. The van der Waals surface area contributed by atoms with E-state index in [2.05, 4.69) is 26.0 Å². The van der Waals surface area contributed by atoms with Crippen molar-refractivity contribution in [2.24, 2.45) is 5.41 Å². The van der Waals surface area contributed by atoms with E-state index in [1.54, 1.807) is 0 Å². The number of hydrogen-bond donors (Lipinski definition) is 0. The highest BCUT2D eigenvalue weighted by Crippen LogP contribution is 2.48. The second kappa shape index (κ2) is 6.44. The van der Waals surface area contributed by atoms with Gasteiger partial charge in [0.25, 0.3) is 0 Å². The van der Waals surface area contributed by atoms with Gasteiger partial charge in [-0.2, -0.15) is 0 Å². The first kappa shape index (κ1) is 17.7. The van der Waals surface area contributed by atoms with Gasteiger partial charge in [-0.3, -0.25) is 4.79 Å². The Hall–Kier alpha value is -1.68. The average Bonchev–Trinajstić information content (AvgIpc) is 2.71.